The highest BCUT2D eigenvalue weighted by molar-refractivity contribution is 7.89. The highest BCUT2D eigenvalue weighted by Gasteiger charge is 2.26. The lowest BCUT2D eigenvalue weighted by Crippen LogP contribution is -2.42. The maximum atomic E-state index is 12.9. The third-order valence-corrected chi connectivity index (χ3v) is 5.39. The summed E-state index contributed by atoms with van der Waals surface area (Å²) in [5, 5.41) is 0. The van der Waals surface area contributed by atoms with Crippen molar-refractivity contribution < 1.29 is 13.2 Å². The zero-order valence-corrected chi connectivity index (χ0v) is 14.5. The first-order valence-corrected chi connectivity index (χ1v) is 8.89. The highest BCUT2D eigenvalue weighted by atomic mass is 32.2. The number of benzene rings is 2. The van der Waals surface area contributed by atoms with E-state index in [1.807, 2.05) is 43.5 Å². The molecule has 2 aromatic rings. The van der Waals surface area contributed by atoms with Crippen molar-refractivity contribution in [1.82, 2.24) is 9.73 Å². The van der Waals surface area contributed by atoms with Crippen LogP contribution in [0.15, 0.2) is 53.4 Å². The molecule has 24 heavy (non-hydrogen) atoms. The molecule has 2 aromatic carbocycles. The van der Waals surface area contributed by atoms with E-state index >= 15 is 0 Å². The van der Waals surface area contributed by atoms with Gasteiger partial charge in [0.05, 0.1) is 11.4 Å². The molecular weight excluding hydrogens is 326 g/mol. The van der Waals surface area contributed by atoms with E-state index in [4.69, 9.17) is 5.84 Å². The lowest BCUT2D eigenvalue weighted by molar-refractivity contribution is -0.121. The molecule has 0 aromatic heterocycles. The maximum absolute atomic E-state index is 12.9. The number of hydrogen-bond acceptors (Lipinski definition) is 4. The number of amides is 1. The molecular formula is C17H21N3O3S. The second-order valence-electron chi connectivity index (χ2n) is 5.64. The van der Waals surface area contributed by atoms with E-state index in [1.165, 1.54) is 12.1 Å². The lowest BCUT2D eigenvalue weighted by Gasteiger charge is -2.22. The summed E-state index contributed by atoms with van der Waals surface area (Å²) >= 11 is 0. The normalized spacial score (nSPS) is 11.5. The fourth-order valence-electron chi connectivity index (χ4n) is 2.31. The Labute approximate surface area is 142 Å². The van der Waals surface area contributed by atoms with Crippen molar-refractivity contribution in [2.75, 3.05) is 6.54 Å². The Balaban J connectivity index is 2.37. The number of aryl methyl sites for hydroxylation is 2. The van der Waals surface area contributed by atoms with Crippen LogP contribution in [0.4, 0.5) is 0 Å². The van der Waals surface area contributed by atoms with Gasteiger partial charge in [0.2, 0.25) is 15.9 Å². The van der Waals surface area contributed by atoms with Gasteiger partial charge in [-0.25, -0.2) is 14.3 Å². The molecule has 0 spiro atoms. The minimum Gasteiger partial charge on any atom is -0.293 e. The minimum absolute atomic E-state index is 0.0886. The van der Waals surface area contributed by atoms with Gasteiger partial charge in [-0.2, -0.15) is 4.31 Å². The molecule has 128 valence electrons. The Morgan fingerprint density at radius 1 is 1.08 bits per heavy atom. The van der Waals surface area contributed by atoms with Crippen LogP contribution in [0.2, 0.25) is 0 Å². The van der Waals surface area contributed by atoms with Crippen molar-refractivity contribution in [3.63, 3.8) is 0 Å². The van der Waals surface area contributed by atoms with E-state index < -0.39 is 15.9 Å². The molecule has 7 heteroatoms. The average Bonchev–Trinajstić information content (AvgIpc) is 2.54. The molecule has 0 fully saturated rings. The summed E-state index contributed by atoms with van der Waals surface area (Å²) in [7, 11) is -3.82. The van der Waals surface area contributed by atoms with E-state index in [-0.39, 0.29) is 18.0 Å². The van der Waals surface area contributed by atoms with Crippen LogP contribution in [0.5, 0.6) is 0 Å². The number of nitrogens with two attached hydrogens (primary N) is 1. The summed E-state index contributed by atoms with van der Waals surface area (Å²) in [6, 6.07) is 14.0. The molecule has 6 nitrogen and oxygen atoms in total. The van der Waals surface area contributed by atoms with E-state index in [2.05, 4.69) is 0 Å². The van der Waals surface area contributed by atoms with Crippen molar-refractivity contribution >= 4 is 15.9 Å². The molecule has 0 aliphatic heterocycles. The van der Waals surface area contributed by atoms with Crippen LogP contribution < -0.4 is 11.3 Å². The van der Waals surface area contributed by atoms with Gasteiger partial charge in [0.25, 0.3) is 0 Å². The van der Waals surface area contributed by atoms with Crippen molar-refractivity contribution in [2.45, 2.75) is 25.3 Å². The monoisotopic (exact) mass is 347 g/mol. The topological polar surface area (TPSA) is 92.5 Å². The lowest BCUT2D eigenvalue weighted by atomic mass is 10.1. The summed E-state index contributed by atoms with van der Waals surface area (Å²) in [6.07, 6.45) is 0. The van der Waals surface area contributed by atoms with Gasteiger partial charge < -0.3 is 0 Å². The first kappa shape index (κ1) is 18.1. The largest absolute Gasteiger partial charge is 0.293 e. The van der Waals surface area contributed by atoms with Crippen molar-refractivity contribution in [3.8, 4) is 0 Å². The Morgan fingerprint density at radius 3 is 2.33 bits per heavy atom. The van der Waals surface area contributed by atoms with Crippen LogP contribution in [0.3, 0.4) is 0 Å². The van der Waals surface area contributed by atoms with Gasteiger partial charge in [-0.3, -0.25) is 10.2 Å². The van der Waals surface area contributed by atoms with Gasteiger partial charge in [-0.05, 0) is 31.5 Å². The van der Waals surface area contributed by atoms with E-state index in [1.54, 1.807) is 12.1 Å². The van der Waals surface area contributed by atoms with Crippen LogP contribution in [-0.2, 0) is 21.4 Å². The molecule has 1 amide bonds. The van der Waals surface area contributed by atoms with Crippen molar-refractivity contribution in [2.24, 2.45) is 5.84 Å². The van der Waals surface area contributed by atoms with Crippen molar-refractivity contribution in [1.29, 1.82) is 0 Å². The van der Waals surface area contributed by atoms with Gasteiger partial charge in [-0.15, -0.1) is 0 Å². The molecule has 0 radical (unpaired) electrons. The SMILES string of the molecule is Cc1ccc(S(=O)(=O)N(CC(=O)NN)Cc2cccc(C)c2)cc1. The number of sulfonamides is 1. The molecule has 0 aliphatic carbocycles. The number of hydrogen-bond donors (Lipinski definition) is 2. The number of hydrazine groups is 1. The van der Waals surface area contributed by atoms with Gasteiger partial charge >= 0.3 is 0 Å². The molecule has 0 heterocycles. The number of nitrogens with zero attached hydrogens (tertiary/aromatic N) is 1. The van der Waals surface area contributed by atoms with Crippen molar-refractivity contribution in [3.05, 3.63) is 65.2 Å². The zero-order chi connectivity index (χ0) is 17.7. The maximum Gasteiger partial charge on any atom is 0.249 e. The van der Waals surface area contributed by atoms with E-state index in [9.17, 15) is 13.2 Å². The smallest absolute Gasteiger partial charge is 0.249 e. The van der Waals surface area contributed by atoms with Crippen LogP contribution in [-0.4, -0.2) is 25.2 Å². The predicted molar refractivity (Wildman–Crippen MR) is 92.3 cm³/mol. The third kappa shape index (κ3) is 4.41. The van der Waals surface area contributed by atoms with Crippen LogP contribution >= 0.6 is 0 Å². The molecule has 0 aliphatic rings. The highest BCUT2D eigenvalue weighted by Crippen LogP contribution is 2.19. The number of carbonyl (C=O) groups is 1. The number of nitrogens with one attached hydrogen (secondary N) is 1. The summed E-state index contributed by atoms with van der Waals surface area (Å²) in [5.41, 5.74) is 4.76. The second kappa shape index (κ2) is 7.57. The Bertz CT molecular complexity index is 817. The first-order valence-electron chi connectivity index (χ1n) is 7.45. The zero-order valence-electron chi connectivity index (χ0n) is 13.7. The van der Waals surface area contributed by atoms with Gasteiger partial charge in [0.15, 0.2) is 0 Å². The van der Waals surface area contributed by atoms with E-state index in [0.717, 1.165) is 21.0 Å². The molecule has 0 saturated heterocycles. The summed E-state index contributed by atoms with van der Waals surface area (Å²) in [6.45, 7) is 3.55. The van der Waals surface area contributed by atoms with Crippen LogP contribution in [0, 0.1) is 13.8 Å². The Morgan fingerprint density at radius 2 is 1.75 bits per heavy atom. The van der Waals surface area contributed by atoms with Crippen LogP contribution in [0.1, 0.15) is 16.7 Å². The quantitative estimate of drug-likeness (QED) is 0.470. The Kier molecular flexibility index (Phi) is 5.71. The fraction of sp³-hybridized carbons (Fsp3) is 0.235. The molecule has 0 unspecified atom stereocenters. The van der Waals surface area contributed by atoms with Gasteiger partial charge in [-0.1, -0.05) is 47.5 Å². The molecule has 2 rings (SSSR count). The summed E-state index contributed by atoms with van der Waals surface area (Å²) in [4.78, 5) is 11.8. The molecule has 0 bridgehead atoms. The second-order valence-corrected chi connectivity index (χ2v) is 7.58. The van der Waals surface area contributed by atoms with E-state index in [0.29, 0.717) is 0 Å². The fourth-order valence-corrected chi connectivity index (χ4v) is 3.69. The molecule has 0 atom stereocenters. The Hall–Kier alpha value is -2.22. The standard InChI is InChI=1S/C17H21N3O3S/c1-13-6-8-16(9-7-13)24(22,23)20(12-17(21)19-18)11-15-5-3-4-14(2)10-15/h3-10H,11-12,18H2,1-2H3,(H,19,21). The minimum atomic E-state index is -3.82. The number of rotatable bonds is 6. The first-order chi connectivity index (χ1) is 11.3. The summed E-state index contributed by atoms with van der Waals surface area (Å²) in [5.74, 6) is 4.55. The van der Waals surface area contributed by atoms with Crippen LogP contribution in [0.25, 0.3) is 0 Å². The third-order valence-electron chi connectivity index (χ3n) is 3.58. The number of carbonyl (C=O) groups excluding carboxylic acids is 1. The molecule has 3 N–H and O–H groups in total. The predicted octanol–water partition coefficient (Wildman–Crippen LogP) is 1.48. The molecule has 0 saturated carbocycles. The summed E-state index contributed by atoms with van der Waals surface area (Å²) < 4.78 is 26.9. The van der Waals surface area contributed by atoms with Gasteiger partial charge in [0, 0.05) is 6.54 Å². The van der Waals surface area contributed by atoms with Gasteiger partial charge in [0.1, 0.15) is 0 Å². The average molecular weight is 347 g/mol.